The maximum atomic E-state index is 13.0. The Hall–Kier alpha value is -2.35. The van der Waals surface area contributed by atoms with Crippen molar-refractivity contribution in [3.8, 4) is 5.75 Å². The standard InChI is InChI=1S/C21H30FN3O4/c1-15(2)12-19-20(26)23(8-10-28-3)13-17-14-24(21(27)25(17)19)9-11-29-18-6-4-16(22)5-7-18/h4-7,15,17,19H,8-14H2,1-3H3/t17-,19-/m0/s1. The normalized spacial score (nSPS) is 21.9. The van der Waals surface area contributed by atoms with Gasteiger partial charge in [-0.05, 0) is 36.6 Å². The predicted molar refractivity (Wildman–Crippen MR) is 106 cm³/mol. The molecule has 3 amide bonds. The van der Waals surface area contributed by atoms with Gasteiger partial charge < -0.3 is 24.2 Å². The van der Waals surface area contributed by atoms with Crippen LogP contribution in [0, 0.1) is 11.7 Å². The molecule has 0 unspecified atom stereocenters. The predicted octanol–water partition coefficient (Wildman–Crippen LogP) is 2.21. The lowest BCUT2D eigenvalue weighted by Crippen LogP contribution is -2.61. The van der Waals surface area contributed by atoms with Crippen LogP contribution >= 0.6 is 0 Å². The molecule has 2 aliphatic rings. The summed E-state index contributed by atoms with van der Waals surface area (Å²) in [6, 6.07) is 5.25. The number of piperazine rings is 1. The lowest BCUT2D eigenvalue weighted by Gasteiger charge is -2.42. The van der Waals surface area contributed by atoms with Gasteiger partial charge in [0.1, 0.15) is 24.2 Å². The molecule has 2 saturated heterocycles. The molecule has 29 heavy (non-hydrogen) atoms. The molecule has 1 aromatic rings. The van der Waals surface area contributed by atoms with Crippen LogP contribution in [0.15, 0.2) is 24.3 Å². The van der Waals surface area contributed by atoms with Gasteiger partial charge in [-0.25, -0.2) is 9.18 Å². The zero-order valence-corrected chi connectivity index (χ0v) is 17.3. The first-order chi connectivity index (χ1) is 13.9. The van der Waals surface area contributed by atoms with Gasteiger partial charge in [-0.2, -0.15) is 0 Å². The molecule has 2 atom stereocenters. The Morgan fingerprint density at radius 2 is 1.72 bits per heavy atom. The average molecular weight is 407 g/mol. The molecule has 0 bridgehead atoms. The van der Waals surface area contributed by atoms with Gasteiger partial charge in [0.25, 0.3) is 0 Å². The number of halogens is 1. The lowest BCUT2D eigenvalue weighted by molar-refractivity contribution is -0.143. The number of amides is 3. The number of nitrogens with zero attached hydrogens (tertiary/aromatic N) is 3. The molecular formula is C21H30FN3O4. The number of ether oxygens (including phenoxy) is 2. The summed E-state index contributed by atoms with van der Waals surface area (Å²) < 4.78 is 23.8. The Labute approximate surface area is 171 Å². The number of carbonyl (C=O) groups excluding carboxylic acids is 2. The molecule has 0 spiro atoms. The van der Waals surface area contributed by atoms with E-state index < -0.39 is 6.04 Å². The van der Waals surface area contributed by atoms with Crippen LogP contribution < -0.4 is 4.74 Å². The molecule has 0 aliphatic carbocycles. The van der Waals surface area contributed by atoms with Crippen LogP contribution in [0.2, 0.25) is 0 Å². The van der Waals surface area contributed by atoms with Gasteiger partial charge in [0, 0.05) is 26.7 Å². The van der Waals surface area contributed by atoms with Crippen LogP contribution in [-0.2, 0) is 9.53 Å². The summed E-state index contributed by atoms with van der Waals surface area (Å²) in [5.41, 5.74) is 0. The average Bonchev–Trinajstić information content (AvgIpc) is 2.99. The Balaban J connectivity index is 1.64. The zero-order chi connectivity index (χ0) is 21.0. The van der Waals surface area contributed by atoms with Gasteiger partial charge in [0.15, 0.2) is 0 Å². The van der Waals surface area contributed by atoms with E-state index in [2.05, 4.69) is 13.8 Å². The summed E-state index contributed by atoms with van der Waals surface area (Å²) >= 11 is 0. The summed E-state index contributed by atoms with van der Waals surface area (Å²) in [7, 11) is 1.62. The van der Waals surface area contributed by atoms with Gasteiger partial charge in [-0.3, -0.25) is 4.79 Å². The van der Waals surface area contributed by atoms with Crippen molar-refractivity contribution >= 4 is 11.9 Å². The summed E-state index contributed by atoms with van der Waals surface area (Å²) in [6.07, 6.45) is 0.643. The fourth-order valence-corrected chi connectivity index (χ4v) is 4.00. The summed E-state index contributed by atoms with van der Waals surface area (Å²) in [6.45, 7) is 6.97. The number of carbonyl (C=O) groups is 2. The van der Waals surface area contributed by atoms with Crippen molar-refractivity contribution in [2.24, 2.45) is 5.92 Å². The monoisotopic (exact) mass is 407 g/mol. The van der Waals surface area contributed by atoms with Crippen molar-refractivity contribution in [3.63, 3.8) is 0 Å². The minimum absolute atomic E-state index is 0.00441. The Bertz CT molecular complexity index is 712. The third-order valence-electron chi connectivity index (χ3n) is 5.38. The molecule has 160 valence electrons. The first kappa shape index (κ1) is 21.4. The summed E-state index contributed by atoms with van der Waals surface area (Å²) in [4.78, 5) is 31.4. The first-order valence-corrected chi connectivity index (χ1v) is 10.1. The number of benzene rings is 1. The van der Waals surface area contributed by atoms with Gasteiger partial charge in [0.05, 0.1) is 19.2 Å². The van der Waals surface area contributed by atoms with E-state index in [0.717, 1.165) is 0 Å². The number of hydrogen-bond donors (Lipinski definition) is 0. The zero-order valence-electron chi connectivity index (χ0n) is 17.3. The van der Waals surface area contributed by atoms with Crippen molar-refractivity contribution < 1.29 is 23.5 Å². The second-order valence-electron chi connectivity index (χ2n) is 8.01. The number of methoxy groups -OCH3 is 1. The van der Waals surface area contributed by atoms with E-state index in [0.29, 0.717) is 57.5 Å². The van der Waals surface area contributed by atoms with E-state index in [1.807, 2.05) is 4.90 Å². The van der Waals surface area contributed by atoms with E-state index in [9.17, 15) is 14.0 Å². The smallest absolute Gasteiger partial charge is 0.321 e. The number of hydrogen-bond acceptors (Lipinski definition) is 4. The van der Waals surface area contributed by atoms with E-state index in [1.54, 1.807) is 29.0 Å². The van der Waals surface area contributed by atoms with Crippen LogP contribution in [-0.4, -0.2) is 85.2 Å². The van der Waals surface area contributed by atoms with Gasteiger partial charge in [-0.1, -0.05) is 13.8 Å². The van der Waals surface area contributed by atoms with E-state index in [1.165, 1.54) is 12.1 Å². The van der Waals surface area contributed by atoms with E-state index >= 15 is 0 Å². The molecule has 0 saturated carbocycles. The molecule has 2 aliphatic heterocycles. The maximum absolute atomic E-state index is 13.0. The molecule has 7 nitrogen and oxygen atoms in total. The molecule has 0 radical (unpaired) electrons. The highest BCUT2D eigenvalue weighted by molar-refractivity contribution is 5.90. The Morgan fingerprint density at radius 3 is 2.38 bits per heavy atom. The summed E-state index contributed by atoms with van der Waals surface area (Å²) in [5, 5.41) is 0. The molecule has 2 fully saturated rings. The second-order valence-corrected chi connectivity index (χ2v) is 8.01. The largest absolute Gasteiger partial charge is 0.492 e. The van der Waals surface area contributed by atoms with Crippen molar-refractivity contribution in [2.75, 3.05) is 46.5 Å². The van der Waals surface area contributed by atoms with Crippen molar-refractivity contribution in [1.82, 2.24) is 14.7 Å². The van der Waals surface area contributed by atoms with Crippen LogP contribution in [0.4, 0.5) is 9.18 Å². The van der Waals surface area contributed by atoms with Gasteiger partial charge in [0.2, 0.25) is 5.91 Å². The number of urea groups is 1. The van der Waals surface area contributed by atoms with Crippen molar-refractivity contribution in [3.05, 3.63) is 30.1 Å². The topological polar surface area (TPSA) is 62.3 Å². The van der Waals surface area contributed by atoms with Crippen molar-refractivity contribution in [1.29, 1.82) is 0 Å². The minimum Gasteiger partial charge on any atom is -0.492 e. The van der Waals surface area contributed by atoms with Gasteiger partial charge in [-0.15, -0.1) is 0 Å². The van der Waals surface area contributed by atoms with Gasteiger partial charge >= 0.3 is 6.03 Å². The Morgan fingerprint density at radius 1 is 1.07 bits per heavy atom. The van der Waals surface area contributed by atoms with E-state index in [4.69, 9.17) is 9.47 Å². The Kier molecular flexibility index (Phi) is 6.95. The highest BCUT2D eigenvalue weighted by atomic mass is 19.1. The van der Waals surface area contributed by atoms with Crippen LogP contribution in [0.25, 0.3) is 0 Å². The molecule has 1 aromatic carbocycles. The minimum atomic E-state index is -0.430. The fraction of sp³-hybridized carbons (Fsp3) is 0.619. The third kappa shape index (κ3) is 4.98. The highest BCUT2D eigenvalue weighted by Gasteiger charge is 2.49. The molecule has 0 N–H and O–H groups in total. The first-order valence-electron chi connectivity index (χ1n) is 10.1. The molecule has 3 rings (SSSR count). The van der Waals surface area contributed by atoms with E-state index in [-0.39, 0.29) is 23.8 Å². The third-order valence-corrected chi connectivity index (χ3v) is 5.38. The molecule has 2 heterocycles. The van der Waals surface area contributed by atoms with Crippen LogP contribution in [0.5, 0.6) is 5.75 Å². The fourth-order valence-electron chi connectivity index (χ4n) is 4.00. The molecule has 0 aromatic heterocycles. The summed E-state index contributed by atoms with van der Waals surface area (Å²) in [5.74, 6) is 0.553. The molecule has 8 heteroatoms. The maximum Gasteiger partial charge on any atom is 0.321 e. The second kappa shape index (κ2) is 9.43. The van der Waals surface area contributed by atoms with Crippen LogP contribution in [0.3, 0.4) is 0 Å². The lowest BCUT2D eigenvalue weighted by atomic mass is 9.97. The number of rotatable bonds is 9. The number of fused-ring (bicyclic) bond motifs is 1. The van der Waals surface area contributed by atoms with Crippen LogP contribution in [0.1, 0.15) is 20.3 Å². The highest BCUT2D eigenvalue weighted by Crippen LogP contribution is 2.29. The quantitative estimate of drug-likeness (QED) is 0.630. The SMILES string of the molecule is COCCN1C[C@H]2CN(CCOc3ccc(F)cc3)C(=O)N2[C@@H](CC(C)C)C1=O. The molecular weight excluding hydrogens is 377 g/mol. The van der Waals surface area contributed by atoms with Crippen molar-refractivity contribution in [2.45, 2.75) is 32.4 Å².